The molecule has 1 atom stereocenters. The fourth-order valence-electron chi connectivity index (χ4n) is 3.66. The van der Waals surface area contributed by atoms with Crippen molar-refractivity contribution >= 4 is 11.7 Å². The number of nitrogens with zero attached hydrogens (tertiary/aromatic N) is 1. The van der Waals surface area contributed by atoms with Crippen molar-refractivity contribution in [3.8, 4) is 16.9 Å². The summed E-state index contributed by atoms with van der Waals surface area (Å²) in [6.07, 6.45) is 3.32. The number of rotatable bonds is 7. The van der Waals surface area contributed by atoms with Gasteiger partial charge in [-0.2, -0.15) is 0 Å². The van der Waals surface area contributed by atoms with Crippen LogP contribution in [0.1, 0.15) is 19.3 Å². The highest BCUT2D eigenvalue weighted by atomic mass is 16.5. The predicted molar refractivity (Wildman–Crippen MR) is 112 cm³/mol. The molecule has 6 nitrogen and oxygen atoms in total. The van der Waals surface area contributed by atoms with E-state index in [2.05, 4.69) is 15.5 Å². The van der Waals surface area contributed by atoms with E-state index >= 15 is 0 Å². The molecule has 28 heavy (non-hydrogen) atoms. The molecule has 1 fully saturated rings. The number of methoxy groups -OCH3 is 1. The number of benzene rings is 2. The molecule has 0 radical (unpaired) electrons. The Balaban J connectivity index is 1.58. The largest absolute Gasteiger partial charge is 0.495 e. The summed E-state index contributed by atoms with van der Waals surface area (Å²) in [7, 11) is 1.59. The Hall–Kier alpha value is -2.57. The molecular weight excluding hydrogens is 354 g/mol. The van der Waals surface area contributed by atoms with Gasteiger partial charge in [-0.15, -0.1) is 0 Å². The maximum absolute atomic E-state index is 12.4. The van der Waals surface area contributed by atoms with Crippen molar-refractivity contribution in [2.75, 3.05) is 38.7 Å². The standard InChI is InChI=1S/C22H29N3O3/c1-28-21-11-10-18(17-7-3-2-4-8-17)15-20(21)24-22(27)23-12-14-25-13-6-5-9-19(25)16-26/h2-4,7-8,10-11,15,19,26H,5-6,9,12-14,16H2,1H3,(H2,23,24,27)/t19-/m0/s1. The van der Waals surface area contributed by atoms with Crippen molar-refractivity contribution in [2.24, 2.45) is 0 Å². The molecule has 1 saturated heterocycles. The number of hydrogen-bond donors (Lipinski definition) is 3. The second-order valence-electron chi connectivity index (χ2n) is 7.03. The molecule has 0 bridgehead atoms. The summed E-state index contributed by atoms with van der Waals surface area (Å²) in [5, 5.41) is 15.3. The normalized spacial score (nSPS) is 17.1. The van der Waals surface area contributed by atoms with Crippen molar-refractivity contribution in [1.82, 2.24) is 10.2 Å². The Bertz CT molecular complexity index is 767. The number of aliphatic hydroxyl groups is 1. The molecular formula is C22H29N3O3. The average molecular weight is 383 g/mol. The second-order valence-corrected chi connectivity index (χ2v) is 7.03. The van der Waals surface area contributed by atoms with Crippen LogP contribution in [0.3, 0.4) is 0 Å². The van der Waals surface area contributed by atoms with Gasteiger partial charge in [-0.05, 0) is 42.6 Å². The van der Waals surface area contributed by atoms with Crippen LogP contribution in [0, 0.1) is 0 Å². The summed E-state index contributed by atoms with van der Waals surface area (Å²) >= 11 is 0. The van der Waals surface area contributed by atoms with E-state index in [1.54, 1.807) is 7.11 Å². The third-order valence-corrected chi connectivity index (χ3v) is 5.20. The number of urea groups is 1. The van der Waals surface area contributed by atoms with E-state index in [9.17, 15) is 9.90 Å². The van der Waals surface area contributed by atoms with Gasteiger partial charge in [0.1, 0.15) is 5.75 Å². The van der Waals surface area contributed by atoms with Gasteiger partial charge in [-0.1, -0.05) is 42.8 Å². The number of carbonyl (C=O) groups is 1. The molecule has 3 N–H and O–H groups in total. The van der Waals surface area contributed by atoms with Crippen LogP contribution in [0.4, 0.5) is 10.5 Å². The summed E-state index contributed by atoms with van der Waals surface area (Å²) in [6, 6.07) is 15.7. The molecule has 1 aliphatic heterocycles. The molecule has 150 valence electrons. The van der Waals surface area contributed by atoms with Crippen LogP contribution in [-0.2, 0) is 0 Å². The zero-order chi connectivity index (χ0) is 19.8. The van der Waals surface area contributed by atoms with Gasteiger partial charge in [-0.25, -0.2) is 4.79 Å². The maximum atomic E-state index is 12.4. The lowest BCUT2D eigenvalue weighted by Crippen LogP contribution is -2.46. The van der Waals surface area contributed by atoms with Gasteiger partial charge in [0.15, 0.2) is 0 Å². The minimum atomic E-state index is -0.263. The minimum absolute atomic E-state index is 0.176. The highest BCUT2D eigenvalue weighted by Gasteiger charge is 2.21. The Morgan fingerprint density at radius 2 is 2.00 bits per heavy atom. The molecule has 1 aliphatic rings. The van der Waals surface area contributed by atoms with E-state index in [0.29, 0.717) is 18.0 Å². The molecule has 0 aromatic heterocycles. The molecule has 2 aromatic rings. The zero-order valence-corrected chi connectivity index (χ0v) is 16.4. The number of carbonyl (C=O) groups excluding carboxylic acids is 1. The molecule has 0 unspecified atom stereocenters. The quantitative estimate of drug-likeness (QED) is 0.686. The monoisotopic (exact) mass is 383 g/mol. The summed E-state index contributed by atoms with van der Waals surface area (Å²) in [4.78, 5) is 14.6. The molecule has 6 heteroatoms. The highest BCUT2D eigenvalue weighted by Crippen LogP contribution is 2.30. The summed E-state index contributed by atoms with van der Waals surface area (Å²) in [5.41, 5.74) is 2.72. The van der Waals surface area contributed by atoms with Crippen LogP contribution >= 0.6 is 0 Å². The summed E-state index contributed by atoms with van der Waals surface area (Å²) in [6.45, 7) is 2.42. The molecule has 2 amide bonds. The van der Waals surface area contributed by atoms with Crippen LogP contribution < -0.4 is 15.4 Å². The van der Waals surface area contributed by atoms with Gasteiger partial charge < -0.3 is 20.5 Å². The fraction of sp³-hybridized carbons (Fsp3) is 0.409. The number of amides is 2. The van der Waals surface area contributed by atoms with Crippen molar-refractivity contribution in [1.29, 1.82) is 0 Å². The number of likely N-dealkylation sites (tertiary alicyclic amines) is 1. The fourth-order valence-corrected chi connectivity index (χ4v) is 3.66. The Kier molecular flexibility index (Phi) is 7.28. The number of anilines is 1. The third-order valence-electron chi connectivity index (χ3n) is 5.20. The summed E-state index contributed by atoms with van der Waals surface area (Å²) < 4.78 is 5.39. The number of aliphatic hydroxyl groups excluding tert-OH is 1. The van der Waals surface area contributed by atoms with Crippen molar-refractivity contribution in [3.05, 3.63) is 48.5 Å². The third kappa shape index (κ3) is 5.24. The molecule has 2 aromatic carbocycles. The lowest BCUT2D eigenvalue weighted by Gasteiger charge is -2.34. The number of hydrogen-bond acceptors (Lipinski definition) is 4. The van der Waals surface area contributed by atoms with Crippen molar-refractivity contribution < 1.29 is 14.6 Å². The minimum Gasteiger partial charge on any atom is -0.495 e. The predicted octanol–water partition coefficient (Wildman–Crippen LogP) is 3.33. The van der Waals surface area contributed by atoms with E-state index in [-0.39, 0.29) is 18.7 Å². The van der Waals surface area contributed by atoms with E-state index < -0.39 is 0 Å². The SMILES string of the molecule is COc1ccc(-c2ccccc2)cc1NC(=O)NCCN1CCCC[C@H]1CO. The Morgan fingerprint density at radius 1 is 1.18 bits per heavy atom. The first-order valence-corrected chi connectivity index (χ1v) is 9.84. The van der Waals surface area contributed by atoms with Gasteiger partial charge in [0.05, 0.1) is 19.4 Å². The smallest absolute Gasteiger partial charge is 0.319 e. The topological polar surface area (TPSA) is 73.8 Å². The van der Waals surface area contributed by atoms with Gasteiger partial charge in [0, 0.05) is 19.1 Å². The van der Waals surface area contributed by atoms with E-state index in [4.69, 9.17) is 4.74 Å². The van der Waals surface area contributed by atoms with Crippen molar-refractivity contribution in [2.45, 2.75) is 25.3 Å². The first-order chi connectivity index (χ1) is 13.7. The van der Waals surface area contributed by atoms with E-state index in [1.165, 1.54) is 0 Å². The lowest BCUT2D eigenvalue weighted by molar-refractivity contribution is 0.0917. The molecule has 1 heterocycles. The van der Waals surface area contributed by atoms with Crippen LogP contribution in [0.2, 0.25) is 0 Å². The van der Waals surface area contributed by atoms with Gasteiger partial charge in [0.2, 0.25) is 0 Å². The number of nitrogens with one attached hydrogen (secondary N) is 2. The maximum Gasteiger partial charge on any atom is 0.319 e. The first-order valence-electron chi connectivity index (χ1n) is 9.84. The van der Waals surface area contributed by atoms with Crippen LogP contribution in [0.5, 0.6) is 5.75 Å². The number of ether oxygens (including phenoxy) is 1. The molecule has 0 spiro atoms. The van der Waals surface area contributed by atoms with Crippen LogP contribution in [0.25, 0.3) is 11.1 Å². The lowest BCUT2D eigenvalue weighted by atomic mass is 10.0. The summed E-state index contributed by atoms with van der Waals surface area (Å²) in [5.74, 6) is 0.617. The van der Waals surface area contributed by atoms with E-state index in [0.717, 1.165) is 43.5 Å². The van der Waals surface area contributed by atoms with Crippen LogP contribution in [0.15, 0.2) is 48.5 Å². The Morgan fingerprint density at radius 3 is 2.75 bits per heavy atom. The average Bonchev–Trinajstić information content (AvgIpc) is 2.74. The highest BCUT2D eigenvalue weighted by molar-refractivity contribution is 5.92. The van der Waals surface area contributed by atoms with Gasteiger partial charge in [0.25, 0.3) is 0 Å². The van der Waals surface area contributed by atoms with Gasteiger partial charge >= 0.3 is 6.03 Å². The first kappa shape index (κ1) is 20.2. The number of piperidine rings is 1. The Labute approximate surface area is 166 Å². The van der Waals surface area contributed by atoms with Gasteiger partial charge in [-0.3, -0.25) is 4.90 Å². The second kappa shape index (κ2) is 10.1. The van der Waals surface area contributed by atoms with E-state index in [1.807, 2.05) is 48.5 Å². The molecule has 0 aliphatic carbocycles. The zero-order valence-electron chi connectivity index (χ0n) is 16.4. The van der Waals surface area contributed by atoms with Crippen LogP contribution in [-0.4, -0.2) is 55.4 Å². The molecule has 3 rings (SSSR count). The van der Waals surface area contributed by atoms with Crippen molar-refractivity contribution in [3.63, 3.8) is 0 Å². The molecule has 0 saturated carbocycles.